The first-order valence-electron chi connectivity index (χ1n) is 21.6. The minimum atomic E-state index is -0.455. The number of nitrogens with zero attached hydrogens (tertiary/aromatic N) is 2. The molecule has 1 aliphatic carbocycles. The van der Waals surface area contributed by atoms with Crippen molar-refractivity contribution in [1.82, 2.24) is 9.97 Å². The van der Waals surface area contributed by atoms with Crippen LogP contribution in [-0.4, -0.2) is 9.97 Å². The highest BCUT2D eigenvalue weighted by Crippen LogP contribution is 2.56. The van der Waals surface area contributed by atoms with Crippen LogP contribution in [0.15, 0.2) is 243 Å². The summed E-state index contributed by atoms with van der Waals surface area (Å²) in [6.45, 7) is 0. The summed E-state index contributed by atoms with van der Waals surface area (Å²) < 4.78 is 0. The molecule has 0 radical (unpaired) electrons. The Balaban J connectivity index is 0.989. The smallest absolute Gasteiger partial charge is 0.160 e. The van der Waals surface area contributed by atoms with Gasteiger partial charge in [0.2, 0.25) is 0 Å². The lowest BCUT2D eigenvalue weighted by molar-refractivity contribution is 0.769. The average Bonchev–Trinajstić information content (AvgIpc) is 3.67. The van der Waals surface area contributed by atoms with Crippen molar-refractivity contribution in [1.29, 1.82) is 0 Å². The van der Waals surface area contributed by atoms with Gasteiger partial charge in [-0.05, 0) is 101 Å². The third kappa shape index (κ3) is 6.10. The van der Waals surface area contributed by atoms with Gasteiger partial charge in [-0.3, -0.25) is 0 Å². The maximum atomic E-state index is 5.26. The second-order valence-corrected chi connectivity index (χ2v) is 16.5. The van der Waals surface area contributed by atoms with Crippen LogP contribution in [0.2, 0.25) is 0 Å². The zero-order valence-electron chi connectivity index (χ0n) is 34.5. The van der Waals surface area contributed by atoms with E-state index in [1.165, 1.54) is 71.8 Å². The molecular formula is C61H40N2. The quantitative estimate of drug-likeness (QED) is 0.160. The SMILES string of the molecule is c1ccc(-c2nc(-c3ccc4ccccc4c3)cc(-c3ccc(-c4cccc(-c5ccc6c(c5)C(c5ccccc5)(c5ccccc5)c5ccccc5-6)c4)c4ccccc34)n2)cc1. The van der Waals surface area contributed by atoms with E-state index in [1.807, 2.05) is 18.2 Å². The molecule has 0 atom stereocenters. The molecule has 0 N–H and O–H groups in total. The maximum absolute atomic E-state index is 5.26. The number of rotatable bonds is 7. The second kappa shape index (κ2) is 15.1. The van der Waals surface area contributed by atoms with E-state index in [4.69, 9.17) is 9.97 Å². The Labute approximate surface area is 367 Å². The van der Waals surface area contributed by atoms with E-state index in [1.54, 1.807) is 0 Å². The van der Waals surface area contributed by atoms with E-state index < -0.39 is 5.41 Å². The van der Waals surface area contributed by atoms with Crippen molar-refractivity contribution in [3.05, 3.63) is 265 Å². The second-order valence-electron chi connectivity index (χ2n) is 16.5. The third-order valence-electron chi connectivity index (χ3n) is 13.0. The van der Waals surface area contributed by atoms with E-state index >= 15 is 0 Å². The first-order chi connectivity index (χ1) is 31.2. The van der Waals surface area contributed by atoms with Crippen LogP contribution >= 0.6 is 0 Å². The summed E-state index contributed by atoms with van der Waals surface area (Å²) in [5.41, 5.74) is 16.9. The van der Waals surface area contributed by atoms with E-state index in [9.17, 15) is 0 Å². The molecule has 0 unspecified atom stereocenters. The minimum Gasteiger partial charge on any atom is -0.228 e. The molecule has 10 aromatic carbocycles. The molecule has 0 saturated carbocycles. The Morgan fingerprint density at radius 1 is 0.270 bits per heavy atom. The molecule has 294 valence electrons. The standard InChI is InChI=1S/C61H40N2/c1-4-18-42(19-5-1)60-62-58(47-32-31-41-17-10-11-20-43(41)38-47)40-59(63-60)55-36-35-50(51-27-12-13-28-52(51)55)46-22-16-21-44(37-46)45-33-34-54-53-29-14-15-30-56(53)61(57(54)39-45,48-23-6-2-7-24-48)49-25-8-3-9-26-49/h1-40H. The van der Waals surface area contributed by atoms with Crippen molar-refractivity contribution in [3.63, 3.8) is 0 Å². The summed E-state index contributed by atoms with van der Waals surface area (Å²) in [5, 5.41) is 4.72. The molecule has 11 aromatic rings. The fourth-order valence-electron chi connectivity index (χ4n) is 10.1. The molecule has 0 fully saturated rings. The van der Waals surface area contributed by atoms with Gasteiger partial charge in [0.15, 0.2) is 5.82 Å². The normalized spacial score (nSPS) is 12.6. The fraction of sp³-hybridized carbons (Fsp3) is 0.0164. The number of benzene rings is 10. The molecule has 2 nitrogen and oxygen atoms in total. The number of aromatic nitrogens is 2. The molecule has 1 aromatic heterocycles. The lowest BCUT2D eigenvalue weighted by atomic mass is 9.67. The summed E-state index contributed by atoms with van der Waals surface area (Å²) in [6.07, 6.45) is 0. The van der Waals surface area contributed by atoms with E-state index in [0.717, 1.165) is 33.5 Å². The van der Waals surface area contributed by atoms with Crippen LogP contribution in [0, 0.1) is 0 Å². The van der Waals surface area contributed by atoms with Crippen LogP contribution in [0.4, 0.5) is 0 Å². The molecule has 0 spiro atoms. The topological polar surface area (TPSA) is 25.8 Å². The highest BCUT2D eigenvalue weighted by molar-refractivity contribution is 6.05. The number of fused-ring (bicyclic) bond motifs is 5. The van der Waals surface area contributed by atoms with Crippen LogP contribution in [0.3, 0.4) is 0 Å². The first kappa shape index (κ1) is 36.6. The van der Waals surface area contributed by atoms with Crippen molar-refractivity contribution in [2.45, 2.75) is 5.41 Å². The zero-order chi connectivity index (χ0) is 41.7. The van der Waals surface area contributed by atoms with Crippen LogP contribution in [-0.2, 0) is 5.41 Å². The van der Waals surface area contributed by atoms with Gasteiger partial charge in [0.05, 0.1) is 16.8 Å². The third-order valence-corrected chi connectivity index (χ3v) is 13.0. The van der Waals surface area contributed by atoms with Gasteiger partial charge in [0.25, 0.3) is 0 Å². The van der Waals surface area contributed by atoms with Crippen LogP contribution in [0.25, 0.3) is 88.8 Å². The molecular weight excluding hydrogens is 761 g/mol. The summed E-state index contributed by atoms with van der Waals surface area (Å²) in [5.74, 6) is 0.707. The van der Waals surface area contributed by atoms with Crippen LogP contribution < -0.4 is 0 Å². The van der Waals surface area contributed by atoms with E-state index in [-0.39, 0.29) is 0 Å². The number of hydrogen-bond donors (Lipinski definition) is 0. The van der Waals surface area contributed by atoms with Crippen molar-refractivity contribution < 1.29 is 0 Å². The highest BCUT2D eigenvalue weighted by Gasteiger charge is 2.46. The Morgan fingerprint density at radius 3 is 1.59 bits per heavy atom. The summed E-state index contributed by atoms with van der Waals surface area (Å²) >= 11 is 0. The van der Waals surface area contributed by atoms with Crippen LogP contribution in [0.1, 0.15) is 22.3 Å². The Kier molecular flexibility index (Phi) is 8.76. The van der Waals surface area contributed by atoms with Crippen molar-refractivity contribution in [2.24, 2.45) is 0 Å². The largest absolute Gasteiger partial charge is 0.228 e. The lowest BCUT2D eigenvalue weighted by Gasteiger charge is -2.34. The maximum Gasteiger partial charge on any atom is 0.160 e. The van der Waals surface area contributed by atoms with Crippen LogP contribution in [0.5, 0.6) is 0 Å². The average molecular weight is 801 g/mol. The predicted octanol–water partition coefficient (Wildman–Crippen LogP) is 15.5. The van der Waals surface area contributed by atoms with Gasteiger partial charge >= 0.3 is 0 Å². The summed E-state index contributed by atoms with van der Waals surface area (Å²) in [6, 6.07) is 87.9. The van der Waals surface area contributed by atoms with Gasteiger partial charge < -0.3 is 0 Å². The molecule has 2 heteroatoms. The van der Waals surface area contributed by atoms with Crippen molar-refractivity contribution >= 4 is 21.5 Å². The molecule has 0 aliphatic heterocycles. The Bertz CT molecular complexity index is 3460. The predicted molar refractivity (Wildman–Crippen MR) is 262 cm³/mol. The minimum absolute atomic E-state index is 0.455. The monoisotopic (exact) mass is 800 g/mol. The Morgan fingerprint density at radius 2 is 0.810 bits per heavy atom. The van der Waals surface area contributed by atoms with E-state index in [0.29, 0.717) is 5.82 Å². The van der Waals surface area contributed by atoms with Gasteiger partial charge in [-0.1, -0.05) is 218 Å². The van der Waals surface area contributed by atoms with E-state index in [2.05, 4.69) is 224 Å². The van der Waals surface area contributed by atoms with Gasteiger partial charge in [-0.2, -0.15) is 0 Å². The fourth-order valence-corrected chi connectivity index (χ4v) is 10.1. The molecule has 1 heterocycles. The summed E-state index contributed by atoms with van der Waals surface area (Å²) in [4.78, 5) is 10.4. The highest BCUT2D eigenvalue weighted by atomic mass is 14.9. The molecule has 12 rings (SSSR count). The molecule has 0 saturated heterocycles. The van der Waals surface area contributed by atoms with Gasteiger partial charge in [0, 0.05) is 16.7 Å². The molecule has 0 amide bonds. The van der Waals surface area contributed by atoms with Crippen molar-refractivity contribution in [2.75, 3.05) is 0 Å². The first-order valence-corrected chi connectivity index (χ1v) is 21.6. The van der Waals surface area contributed by atoms with Crippen molar-refractivity contribution in [3.8, 4) is 67.3 Å². The zero-order valence-corrected chi connectivity index (χ0v) is 34.5. The van der Waals surface area contributed by atoms with Gasteiger partial charge in [-0.25, -0.2) is 9.97 Å². The Hall–Kier alpha value is -8.20. The molecule has 1 aliphatic rings. The molecule has 63 heavy (non-hydrogen) atoms. The van der Waals surface area contributed by atoms with Gasteiger partial charge in [0.1, 0.15) is 0 Å². The number of hydrogen-bond acceptors (Lipinski definition) is 2. The molecule has 0 bridgehead atoms. The van der Waals surface area contributed by atoms with Gasteiger partial charge in [-0.15, -0.1) is 0 Å². The lowest BCUT2D eigenvalue weighted by Crippen LogP contribution is -2.28. The summed E-state index contributed by atoms with van der Waals surface area (Å²) in [7, 11) is 0.